The Kier molecular flexibility index (Phi) is 3.92. The molecule has 0 aliphatic carbocycles. The summed E-state index contributed by atoms with van der Waals surface area (Å²) < 4.78 is 5.08. The molecule has 0 radical (unpaired) electrons. The van der Waals surface area contributed by atoms with Crippen molar-refractivity contribution in [2.45, 2.75) is 11.8 Å². The van der Waals surface area contributed by atoms with E-state index in [0.717, 1.165) is 22.1 Å². The Bertz CT molecular complexity index is 278. The van der Waals surface area contributed by atoms with Crippen LogP contribution in [-0.2, 0) is 0 Å². The summed E-state index contributed by atoms with van der Waals surface area (Å²) in [5.74, 6) is 7.23. The van der Waals surface area contributed by atoms with Gasteiger partial charge in [-0.15, -0.1) is 11.8 Å². The minimum atomic E-state index is 0.813. The summed E-state index contributed by atoms with van der Waals surface area (Å²) in [5, 5.41) is 0. The van der Waals surface area contributed by atoms with Crippen LogP contribution in [0.3, 0.4) is 0 Å². The van der Waals surface area contributed by atoms with Gasteiger partial charge < -0.3 is 10.2 Å². The number of ether oxygens (including phenoxy) is 1. The standard InChI is InChI=1S/C9H14N2OS/c1-3-13-9-5-4-7(12-2)6-8(9)11-10/h4-6,11H,3,10H2,1-2H3. The fourth-order valence-electron chi connectivity index (χ4n) is 1.03. The van der Waals surface area contributed by atoms with Crippen LogP contribution in [-0.4, -0.2) is 12.9 Å². The first-order valence-corrected chi connectivity index (χ1v) is 5.07. The number of nitrogens with one attached hydrogen (secondary N) is 1. The van der Waals surface area contributed by atoms with E-state index in [1.54, 1.807) is 18.9 Å². The van der Waals surface area contributed by atoms with Crippen LogP contribution >= 0.6 is 11.8 Å². The second-order valence-electron chi connectivity index (χ2n) is 2.44. The third-order valence-electron chi connectivity index (χ3n) is 1.64. The number of anilines is 1. The van der Waals surface area contributed by atoms with Gasteiger partial charge in [-0.25, -0.2) is 0 Å². The van der Waals surface area contributed by atoms with Gasteiger partial charge >= 0.3 is 0 Å². The lowest BCUT2D eigenvalue weighted by Gasteiger charge is -2.09. The van der Waals surface area contributed by atoms with Crippen molar-refractivity contribution in [1.29, 1.82) is 0 Å². The van der Waals surface area contributed by atoms with Crippen LogP contribution in [0.15, 0.2) is 23.1 Å². The molecule has 0 saturated heterocycles. The SMILES string of the molecule is CCSc1ccc(OC)cc1NN. The van der Waals surface area contributed by atoms with Gasteiger partial charge in [0.25, 0.3) is 0 Å². The number of benzene rings is 1. The highest BCUT2D eigenvalue weighted by Crippen LogP contribution is 2.29. The minimum Gasteiger partial charge on any atom is -0.497 e. The molecular weight excluding hydrogens is 184 g/mol. The van der Waals surface area contributed by atoms with Gasteiger partial charge in [0.2, 0.25) is 0 Å². The molecule has 3 nitrogen and oxygen atoms in total. The second-order valence-corrected chi connectivity index (χ2v) is 3.75. The Morgan fingerprint density at radius 2 is 2.31 bits per heavy atom. The first-order valence-electron chi connectivity index (χ1n) is 4.09. The van der Waals surface area contributed by atoms with Crippen molar-refractivity contribution in [2.75, 3.05) is 18.3 Å². The van der Waals surface area contributed by atoms with Crippen LogP contribution in [0.2, 0.25) is 0 Å². The zero-order chi connectivity index (χ0) is 9.68. The number of rotatable bonds is 4. The average Bonchev–Trinajstić information content (AvgIpc) is 2.19. The van der Waals surface area contributed by atoms with Crippen LogP contribution < -0.4 is 16.0 Å². The van der Waals surface area contributed by atoms with Crippen molar-refractivity contribution in [3.63, 3.8) is 0 Å². The normalized spacial score (nSPS) is 9.77. The monoisotopic (exact) mass is 198 g/mol. The van der Waals surface area contributed by atoms with Crippen molar-refractivity contribution >= 4 is 17.4 Å². The number of nitrogens with two attached hydrogens (primary N) is 1. The highest BCUT2D eigenvalue weighted by atomic mass is 32.2. The molecule has 13 heavy (non-hydrogen) atoms. The number of methoxy groups -OCH3 is 1. The Balaban J connectivity index is 2.93. The van der Waals surface area contributed by atoms with Crippen molar-refractivity contribution in [3.05, 3.63) is 18.2 Å². The Labute approximate surface area is 82.6 Å². The molecule has 0 unspecified atom stereocenters. The van der Waals surface area contributed by atoms with Crippen LogP contribution in [0.1, 0.15) is 6.92 Å². The van der Waals surface area contributed by atoms with E-state index in [1.165, 1.54) is 0 Å². The van der Waals surface area contributed by atoms with Crippen molar-refractivity contribution in [1.82, 2.24) is 0 Å². The molecule has 4 heteroatoms. The third kappa shape index (κ3) is 2.54. The van der Waals surface area contributed by atoms with E-state index >= 15 is 0 Å². The number of hydrogen-bond acceptors (Lipinski definition) is 4. The summed E-state index contributed by atoms with van der Waals surface area (Å²) in [4.78, 5) is 1.14. The molecule has 1 aromatic rings. The molecule has 3 N–H and O–H groups in total. The maximum absolute atomic E-state index is 5.39. The molecule has 0 aliphatic heterocycles. The van der Waals surface area contributed by atoms with E-state index in [0.29, 0.717) is 0 Å². The predicted octanol–water partition coefficient (Wildman–Crippen LogP) is 2.09. The molecule has 0 atom stereocenters. The second kappa shape index (κ2) is 4.99. The summed E-state index contributed by atoms with van der Waals surface area (Å²) in [5.41, 5.74) is 3.56. The van der Waals surface area contributed by atoms with Crippen molar-refractivity contribution < 1.29 is 4.74 Å². The van der Waals surface area contributed by atoms with E-state index in [4.69, 9.17) is 10.6 Å². The quantitative estimate of drug-likeness (QED) is 0.442. The van der Waals surface area contributed by atoms with Gasteiger partial charge in [0, 0.05) is 11.0 Å². The summed E-state index contributed by atoms with van der Waals surface area (Å²) in [7, 11) is 1.64. The molecule has 0 amide bonds. The van der Waals surface area contributed by atoms with E-state index in [-0.39, 0.29) is 0 Å². The van der Waals surface area contributed by atoms with Crippen LogP contribution in [0.25, 0.3) is 0 Å². The van der Waals surface area contributed by atoms with E-state index < -0.39 is 0 Å². The Hall–Kier alpha value is -0.870. The van der Waals surface area contributed by atoms with Crippen LogP contribution in [0.4, 0.5) is 5.69 Å². The summed E-state index contributed by atoms with van der Waals surface area (Å²) >= 11 is 1.75. The molecule has 0 aliphatic rings. The zero-order valence-corrected chi connectivity index (χ0v) is 8.65. The number of hydrazine groups is 1. The first-order chi connectivity index (χ1) is 6.31. The van der Waals surface area contributed by atoms with Crippen molar-refractivity contribution in [3.8, 4) is 5.75 Å². The molecule has 1 rings (SSSR count). The largest absolute Gasteiger partial charge is 0.497 e. The summed E-state index contributed by atoms with van der Waals surface area (Å²) in [6.07, 6.45) is 0. The van der Waals surface area contributed by atoms with Gasteiger partial charge in [0.1, 0.15) is 5.75 Å². The molecular formula is C9H14N2OS. The van der Waals surface area contributed by atoms with E-state index in [1.807, 2.05) is 18.2 Å². The van der Waals surface area contributed by atoms with Gasteiger partial charge in [-0.3, -0.25) is 5.84 Å². The molecule has 0 saturated carbocycles. The molecule has 0 aromatic heterocycles. The van der Waals surface area contributed by atoms with Crippen LogP contribution in [0.5, 0.6) is 5.75 Å². The lowest BCUT2D eigenvalue weighted by atomic mass is 10.3. The molecule has 1 aromatic carbocycles. The Morgan fingerprint density at radius 1 is 1.54 bits per heavy atom. The van der Waals surface area contributed by atoms with Crippen molar-refractivity contribution in [2.24, 2.45) is 5.84 Å². The fourth-order valence-corrected chi connectivity index (χ4v) is 1.78. The Morgan fingerprint density at radius 3 is 2.85 bits per heavy atom. The minimum absolute atomic E-state index is 0.813. The van der Waals surface area contributed by atoms with E-state index in [2.05, 4.69) is 12.3 Å². The maximum atomic E-state index is 5.39. The third-order valence-corrected chi connectivity index (χ3v) is 2.60. The number of thioether (sulfide) groups is 1. The zero-order valence-electron chi connectivity index (χ0n) is 7.83. The van der Waals surface area contributed by atoms with Crippen LogP contribution in [0, 0.1) is 0 Å². The molecule has 0 heterocycles. The smallest absolute Gasteiger partial charge is 0.121 e. The van der Waals surface area contributed by atoms with Gasteiger partial charge in [-0.05, 0) is 17.9 Å². The van der Waals surface area contributed by atoms with Gasteiger partial charge in [0.15, 0.2) is 0 Å². The summed E-state index contributed by atoms with van der Waals surface area (Å²) in [6, 6.07) is 5.82. The molecule has 0 fully saturated rings. The number of nitrogen functional groups attached to an aromatic ring is 1. The topological polar surface area (TPSA) is 47.3 Å². The molecule has 0 spiro atoms. The van der Waals surface area contributed by atoms with Gasteiger partial charge in [-0.1, -0.05) is 6.92 Å². The van der Waals surface area contributed by atoms with Gasteiger partial charge in [0.05, 0.1) is 12.8 Å². The lowest BCUT2D eigenvalue weighted by Crippen LogP contribution is -2.07. The van der Waals surface area contributed by atoms with Gasteiger partial charge in [-0.2, -0.15) is 0 Å². The highest BCUT2D eigenvalue weighted by molar-refractivity contribution is 7.99. The fraction of sp³-hybridized carbons (Fsp3) is 0.333. The molecule has 72 valence electrons. The lowest BCUT2D eigenvalue weighted by molar-refractivity contribution is 0.414. The first kappa shape index (κ1) is 10.2. The summed E-state index contributed by atoms with van der Waals surface area (Å²) in [6.45, 7) is 2.11. The maximum Gasteiger partial charge on any atom is 0.121 e. The predicted molar refractivity (Wildman–Crippen MR) is 57.2 cm³/mol. The highest BCUT2D eigenvalue weighted by Gasteiger charge is 2.02. The average molecular weight is 198 g/mol. The number of hydrogen-bond donors (Lipinski definition) is 2. The van der Waals surface area contributed by atoms with E-state index in [9.17, 15) is 0 Å². The molecule has 0 bridgehead atoms.